The molecule has 1 aromatic heterocycles. The lowest BCUT2D eigenvalue weighted by atomic mass is 10.1. The molecule has 1 amide bonds. The molecule has 0 saturated carbocycles. The van der Waals surface area contributed by atoms with Crippen LogP contribution in [0.2, 0.25) is 0 Å². The third-order valence-corrected chi connectivity index (χ3v) is 3.79. The normalized spacial score (nSPS) is 18.5. The molecule has 1 aromatic carbocycles. The van der Waals surface area contributed by atoms with Crippen LogP contribution in [0.1, 0.15) is 18.5 Å². The van der Waals surface area contributed by atoms with Crippen molar-refractivity contribution in [2.24, 2.45) is 5.73 Å². The highest BCUT2D eigenvalue weighted by molar-refractivity contribution is 5.78. The van der Waals surface area contributed by atoms with Crippen molar-refractivity contribution in [2.75, 3.05) is 13.1 Å². The van der Waals surface area contributed by atoms with Crippen molar-refractivity contribution in [2.45, 2.75) is 25.3 Å². The average Bonchev–Trinajstić information content (AvgIpc) is 2.96. The van der Waals surface area contributed by atoms with E-state index in [2.05, 4.69) is 4.98 Å². The van der Waals surface area contributed by atoms with Crippen molar-refractivity contribution in [1.29, 1.82) is 0 Å². The Labute approximate surface area is 127 Å². The van der Waals surface area contributed by atoms with Gasteiger partial charge < -0.3 is 15.1 Å². The van der Waals surface area contributed by atoms with Gasteiger partial charge in [0.25, 0.3) is 0 Å². The zero-order valence-corrected chi connectivity index (χ0v) is 12.2. The quantitative estimate of drug-likeness (QED) is 0.941. The van der Waals surface area contributed by atoms with Gasteiger partial charge in [0.1, 0.15) is 12.1 Å². The molecule has 2 N–H and O–H groups in total. The number of piperidine rings is 1. The van der Waals surface area contributed by atoms with Gasteiger partial charge in [-0.1, -0.05) is 0 Å². The van der Waals surface area contributed by atoms with E-state index in [9.17, 15) is 9.18 Å². The SMILES string of the molecule is NC1CCCN(C(=O)Cc2coc(-c3ccc(F)cc3)n2)C1. The predicted molar refractivity (Wildman–Crippen MR) is 79.4 cm³/mol. The number of oxazole rings is 1. The van der Waals surface area contributed by atoms with Crippen LogP contribution in [0.5, 0.6) is 0 Å². The summed E-state index contributed by atoms with van der Waals surface area (Å²) in [6.07, 6.45) is 3.56. The molecule has 1 saturated heterocycles. The Morgan fingerprint density at radius 3 is 2.91 bits per heavy atom. The maximum absolute atomic E-state index is 12.9. The largest absolute Gasteiger partial charge is 0.444 e. The van der Waals surface area contributed by atoms with E-state index < -0.39 is 0 Å². The lowest BCUT2D eigenvalue weighted by molar-refractivity contribution is -0.131. The van der Waals surface area contributed by atoms with Gasteiger partial charge in [-0.2, -0.15) is 0 Å². The highest BCUT2D eigenvalue weighted by atomic mass is 19.1. The van der Waals surface area contributed by atoms with E-state index >= 15 is 0 Å². The summed E-state index contributed by atoms with van der Waals surface area (Å²) in [5.41, 5.74) is 7.14. The van der Waals surface area contributed by atoms with E-state index in [0.29, 0.717) is 23.7 Å². The Bertz CT molecular complexity index is 654. The van der Waals surface area contributed by atoms with E-state index in [1.54, 1.807) is 17.0 Å². The Morgan fingerprint density at radius 2 is 2.18 bits per heavy atom. The maximum Gasteiger partial charge on any atom is 0.228 e. The summed E-state index contributed by atoms with van der Waals surface area (Å²) < 4.78 is 18.3. The fourth-order valence-corrected chi connectivity index (χ4v) is 2.62. The summed E-state index contributed by atoms with van der Waals surface area (Å²) in [4.78, 5) is 18.3. The Hall–Kier alpha value is -2.21. The van der Waals surface area contributed by atoms with Crippen LogP contribution in [0.4, 0.5) is 4.39 Å². The summed E-state index contributed by atoms with van der Waals surface area (Å²) in [6.45, 7) is 1.34. The number of halogens is 1. The molecule has 1 fully saturated rings. The number of hydrogen-bond donors (Lipinski definition) is 1. The molecule has 1 unspecified atom stereocenters. The van der Waals surface area contributed by atoms with E-state index in [4.69, 9.17) is 10.2 Å². The predicted octanol–water partition coefficient (Wildman–Crippen LogP) is 1.97. The van der Waals surface area contributed by atoms with Gasteiger partial charge in [-0.05, 0) is 37.1 Å². The van der Waals surface area contributed by atoms with Crippen molar-refractivity contribution in [1.82, 2.24) is 9.88 Å². The van der Waals surface area contributed by atoms with Crippen LogP contribution in [0.15, 0.2) is 34.9 Å². The van der Waals surface area contributed by atoms with Gasteiger partial charge in [0, 0.05) is 24.7 Å². The molecule has 0 bridgehead atoms. The van der Waals surface area contributed by atoms with Crippen molar-refractivity contribution in [3.63, 3.8) is 0 Å². The fourth-order valence-electron chi connectivity index (χ4n) is 2.62. The Balaban J connectivity index is 1.66. The molecular formula is C16H18FN3O2. The van der Waals surface area contributed by atoms with E-state index in [0.717, 1.165) is 19.4 Å². The van der Waals surface area contributed by atoms with Crippen molar-refractivity contribution >= 4 is 5.91 Å². The van der Waals surface area contributed by atoms with E-state index in [1.807, 2.05) is 0 Å². The molecule has 1 aliphatic heterocycles. The Kier molecular flexibility index (Phi) is 4.20. The topological polar surface area (TPSA) is 72.4 Å². The van der Waals surface area contributed by atoms with Crippen molar-refractivity contribution in [3.8, 4) is 11.5 Å². The second-order valence-electron chi connectivity index (χ2n) is 5.57. The first-order valence-corrected chi connectivity index (χ1v) is 7.35. The number of amides is 1. The molecule has 2 aromatic rings. The van der Waals surface area contributed by atoms with Gasteiger partial charge >= 0.3 is 0 Å². The summed E-state index contributed by atoms with van der Waals surface area (Å²) in [5.74, 6) is 0.0828. The second kappa shape index (κ2) is 6.27. The van der Waals surface area contributed by atoms with Crippen LogP contribution >= 0.6 is 0 Å². The van der Waals surface area contributed by atoms with Crippen LogP contribution in [-0.2, 0) is 11.2 Å². The van der Waals surface area contributed by atoms with Crippen LogP contribution in [0, 0.1) is 5.82 Å². The molecule has 3 rings (SSSR count). The van der Waals surface area contributed by atoms with Crippen molar-refractivity contribution in [3.05, 3.63) is 42.0 Å². The number of hydrogen-bond acceptors (Lipinski definition) is 4. The standard InChI is InChI=1S/C16H18FN3O2/c17-12-5-3-11(4-6-12)16-19-14(10-22-16)8-15(21)20-7-1-2-13(18)9-20/h3-6,10,13H,1-2,7-9,18H2. The second-order valence-corrected chi connectivity index (χ2v) is 5.57. The molecular weight excluding hydrogens is 285 g/mol. The molecule has 0 spiro atoms. The average molecular weight is 303 g/mol. The highest BCUT2D eigenvalue weighted by Crippen LogP contribution is 2.19. The first-order chi connectivity index (χ1) is 10.6. The molecule has 5 nitrogen and oxygen atoms in total. The lowest BCUT2D eigenvalue weighted by Crippen LogP contribution is -2.46. The minimum atomic E-state index is -0.313. The van der Waals surface area contributed by atoms with Gasteiger partial charge in [0.05, 0.1) is 12.1 Å². The Morgan fingerprint density at radius 1 is 1.41 bits per heavy atom. The summed E-state index contributed by atoms with van der Waals surface area (Å²) in [6, 6.07) is 5.94. The number of aromatic nitrogens is 1. The number of carbonyl (C=O) groups is 1. The van der Waals surface area contributed by atoms with Gasteiger partial charge in [-0.3, -0.25) is 4.79 Å². The first kappa shape index (κ1) is 14.7. The minimum absolute atomic E-state index is 0.00843. The summed E-state index contributed by atoms with van der Waals surface area (Å²) in [5, 5.41) is 0. The van der Waals surface area contributed by atoms with Crippen LogP contribution in [0.3, 0.4) is 0 Å². The number of carbonyl (C=O) groups excluding carboxylic acids is 1. The summed E-state index contributed by atoms with van der Waals surface area (Å²) >= 11 is 0. The molecule has 0 radical (unpaired) electrons. The van der Waals surface area contributed by atoms with Crippen LogP contribution < -0.4 is 5.73 Å². The van der Waals surface area contributed by atoms with Crippen LogP contribution in [-0.4, -0.2) is 34.9 Å². The van der Waals surface area contributed by atoms with Crippen molar-refractivity contribution < 1.29 is 13.6 Å². The molecule has 6 heteroatoms. The monoisotopic (exact) mass is 303 g/mol. The molecule has 1 aliphatic rings. The smallest absolute Gasteiger partial charge is 0.228 e. The van der Waals surface area contributed by atoms with Crippen LogP contribution in [0.25, 0.3) is 11.5 Å². The number of likely N-dealkylation sites (tertiary alicyclic amines) is 1. The van der Waals surface area contributed by atoms with Gasteiger partial charge in [0.2, 0.25) is 11.8 Å². The zero-order valence-electron chi connectivity index (χ0n) is 12.2. The summed E-state index contributed by atoms with van der Waals surface area (Å²) in [7, 11) is 0. The number of benzene rings is 1. The molecule has 22 heavy (non-hydrogen) atoms. The zero-order chi connectivity index (χ0) is 15.5. The molecule has 0 aliphatic carbocycles. The molecule has 1 atom stereocenters. The third kappa shape index (κ3) is 3.33. The number of nitrogens with zero attached hydrogens (tertiary/aromatic N) is 2. The third-order valence-electron chi connectivity index (χ3n) is 3.79. The van der Waals surface area contributed by atoms with Gasteiger partial charge in [-0.25, -0.2) is 9.37 Å². The number of rotatable bonds is 3. The first-order valence-electron chi connectivity index (χ1n) is 7.35. The highest BCUT2D eigenvalue weighted by Gasteiger charge is 2.22. The number of nitrogens with two attached hydrogens (primary N) is 1. The van der Waals surface area contributed by atoms with E-state index in [1.165, 1.54) is 18.4 Å². The van der Waals surface area contributed by atoms with Gasteiger partial charge in [-0.15, -0.1) is 0 Å². The molecule has 116 valence electrons. The van der Waals surface area contributed by atoms with E-state index in [-0.39, 0.29) is 24.2 Å². The lowest BCUT2D eigenvalue weighted by Gasteiger charge is -2.30. The fraction of sp³-hybridized carbons (Fsp3) is 0.375. The maximum atomic E-state index is 12.9. The van der Waals surface area contributed by atoms with Gasteiger partial charge in [0.15, 0.2) is 0 Å². The minimum Gasteiger partial charge on any atom is -0.444 e. The molecule has 2 heterocycles.